The minimum atomic E-state index is -0.322. The van der Waals surface area contributed by atoms with Crippen LogP contribution in [0, 0.1) is 5.82 Å². The van der Waals surface area contributed by atoms with Gasteiger partial charge in [-0.1, -0.05) is 23.4 Å². The van der Waals surface area contributed by atoms with Gasteiger partial charge in [0, 0.05) is 30.6 Å². The van der Waals surface area contributed by atoms with E-state index in [-0.39, 0.29) is 17.6 Å². The van der Waals surface area contributed by atoms with Gasteiger partial charge in [-0.15, -0.1) is 0 Å². The van der Waals surface area contributed by atoms with Crippen LogP contribution in [0.2, 0.25) is 0 Å². The van der Waals surface area contributed by atoms with E-state index >= 15 is 0 Å². The summed E-state index contributed by atoms with van der Waals surface area (Å²) in [6, 6.07) is 13.6. The molecule has 7 heteroatoms. The number of likely N-dealkylation sites (tertiary alicyclic amines) is 1. The molecule has 1 fully saturated rings. The Morgan fingerprint density at radius 3 is 2.79 bits per heavy atom. The highest BCUT2D eigenvalue weighted by molar-refractivity contribution is 5.79. The quantitative estimate of drug-likeness (QED) is 0.650. The summed E-state index contributed by atoms with van der Waals surface area (Å²) >= 11 is 0. The number of carbonyl (C=O) groups excluding carboxylic acids is 1. The summed E-state index contributed by atoms with van der Waals surface area (Å²) in [6.45, 7) is 3.48. The number of aromatic nitrogens is 2. The minimum absolute atomic E-state index is 0.0397. The van der Waals surface area contributed by atoms with E-state index in [1.165, 1.54) is 12.1 Å². The summed E-state index contributed by atoms with van der Waals surface area (Å²) in [6.07, 6.45) is 0.321. The Morgan fingerprint density at radius 1 is 1.21 bits per heavy atom. The number of halogens is 1. The van der Waals surface area contributed by atoms with Crippen molar-refractivity contribution < 1.29 is 18.4 Å². The third-order valence-corrected chi connectivity index (χ3v) is 4.74. The molecule has 4 rings (SSSR count). The summed E-state index contributed by atoms with van der Waals surface area (Å²) in [7, 11) is 0. The molecule has 1 unspecified atom stereocenters. The highest BCUT2D eigenvalue weighted by Gasteiger charge is 2.34. The molecule has 1 aliphatic heterocycles. The van der Waals surface area contributed by atoms with Crippen molar-refractivity contribution in [2.45, 2.75) is 25.8 Å². The lowest BCUT2D eigenvalue weighted by Gasteiger charge is -2.18. The lowest BCUT2D eigenvalue weighted by atomic mass is 10.1. The van der Waals surface area contributed by atoms with Gasteiger partial charge in [0.15, 0.2) is 0 Å². The molecule has 2 aromatic carbocycles. The molecule has 0 N–H and O–H groups in total. The number of hydrogen-bond acceptors (Lipinski definition) is 5. The molecular weight excluding hydrogens is 361 g/mol. The van der Waals surface area contributed by atoms with Crippen LogP contribution in [0.15, 0.2) is 53.1 Å². The number of rotatable bonds is 6. The van der Waals surface area contributed by atoms with Gasteiger partial charge in [-0.3, -0.25) is 4.79 Å². The SMILES string of the molecule is CCOc1ccccc1CN1CC(c2nc(-c3ccc(F)cc3)no2)CC1=O. The lowest BCUT2D eigenvalue weighted by Crippen LogP contribution is -2.24. The van der Waals surface area contributed by atoms with E-state index in [1.807, 2.05) is 31.2 Å². The monoisotopic (exact) mass is 381 g/mol. The lowest BCUT2D eigenvalue weighted by molar-refractivity contribution is -0.128. The number of hydrogen-bond donors (Lipinski definition) is 0. The van der Waals surface area contributed by atoms with E-state index in [0.29, 0.717) is 43.4 Å². The number of ether oxygens (including phenoxy) is 1. The van der Waals surface area contributed by atoms with Gasteiger partial charge in [0.1, 0.15) is 11.6 Å². The third-order valence-electron chi connectivity index (χ3n) is 4.74. The van der Waals surface area contributed by atoms with E-state index in [9.17, 15) is 9.18 Å². The zero-order chi connectivity index (χ0) is 19.5. The van der Waals surface area contributed by atoms with Crippen molar-refractivity contribution in [1.29, 1.82) is 0 Å². The van der Waals surface area contributed by atoms with Gasteiger partial charge >= 0.3 is 0 Å². The molecule has 0 aliphatic carbocycles. The van der Waals surface area contributed by atoms with E-state index in [4.69, 9.17) is 9.26 Å². The van der Waals surface area contributed by atoms with Crippen LogP contribution in [0.3, 0.4) is 0 Å². The number of para-hydroxylation sites is 1. The summed E-state index contributed by atoms with van der Waals surface area (Å²) in [4.78, 5) is 18.7. The van der Waals surface area contributed by atoms with Crippen molar-refractivity contribution in [3.63, 3.8) is 0 Å². The third kappa shape index (κ3) is 3.74. The van der Waals surface area contributed by atoms with Crippen LogP contribution in [-0.4, -0.2) is 34.1 Å². The Kier molecular flexibility index (Phi) is 5.06. The largest absolute Gasteiger partial charge is 0.494 e. The molecule has 1 aliphatic rings. The first-order valence-electron chi connectivity index (χ1n) is 9.22. The average Bonchev–Trinajstić information content (AvgIpc) is 3.32. The predicted molar refractivity (Wildman–Crippen MR) is 100 cm³/mol. The standard InChI is InChI=1S/C21H20FN3O3/c1-2-27-18-6-4-3-5-15(18)12-25-13-16(11-19(25)26)21-23-20(24-28-21)14-7-9-17(22)10-8-14/h3-10,16H,2,11-13H2,1H3. The van der Waals surface area contributed by atoms with Crippen LogP contribution < -0.4 is 4.74 Å². The molecule has 1 atom stereocenters. The van der Waals surface area contributed by atoms with Crippen LogP contribution in [0.1, 0.15) is 30.7 Å². The van der Waals surface area contributed by atoms with Crippen LogP contribution in [0.5, 0.6) is 5.75 Å². The minimum Gasteiger partial charge on any atom is -0.494 e. The van der Waals surface area contributed by atoms with Gasteiger partial charge in [-0.2, -0.15) is 4.98 Å². The van der Waals surface area contributed by atoms with Gasteiger partial charge < -0.3 is 14.2 Å². The second kappa shape index (κ2) is 7.80. The fraction of sp³-hybridized carbons (Fsp3) is 0.286. The molecule has 0 bridgehead atoms. The Balaban J connectivity index is 1.47. The molecule has 6 nitrogen and oxygen atoms in total. The van der Waals surface area contributed by atoms with Gasteiger partial charge in [0.25, 0.3) is 0 Å². The number of benzene rings is 2. The molecule has 28 heavy (non-hydrogen) atoms. The van der Waals surface area contributed by atoms with Gasteiger partial charge in [0.05, 0.1) is 12.5 Å². The van der Waals surface area contributed by atoms with Crippen molar-refractivity contribution in [2.24, 2.45) is 0 Å². The molecule has 0 saturated carbocycles. The predicted octanol–water partition coefficient (Wildman–Crippen LogP) is 3.79. The Hall–Kier alpha value is -3.22. The Labute approximate surface area is 161 Å². The Morgan fingerprint density at radius 2 is 2.00 bits per heavy atom. The molecule has 0 spiro atoms. The number of nitrogens with zero attached hydrogens (tertiary/aromatic N) is 3. The van der Waals surface area contributed by atoms with Gasteiger partial charge in [0.2, 0.25) is 17.6 Å². The van der Waals surface area contributed by atoms with Crippen molar-refractivity contribution in [1.82, 2.24) is 15.0 Å². The summed E-state index contributed by atoms with van der Waals surface area (Å²) in [5.74, 6) is 1.16. The molecule has 1 saturated heterocycles. The number of amides is 1. The van der Waals surface area contributed by atoms with Crippen molar-refractivity contribution in [3.05, 3.63) is 65.8 Å². The average molecular weight is 381 g/mol. The molecule has 0 radical (unpaired) electrons. The highest BCUT2D eigenvalue weighted by atomic mass is 19.1. The maximum atomic E-state index is 13.1. The highest BCUT2D eigenvalue weighted by Crippen LogP contribution is 2.31. The fourth-order valence-corrected chi connectivity index (χ4v) is 3.34. The van der Waals surface area contributed by atoms with E-state index < -0.39 is 0 Å². The van der Waals surface area contributed by atoms with Crippen LogP contribution in [-0.2, 0) is 11.3 Å². The van der Waals surface area contributed by atoms with Crippen molar-refractivity contribution in [2.75, 3.05) is 13.2 Å². The molecule has 1 amide bonds. The first kappa shape index (κ1) is 18.2. The molecular formula is C21H20FN3O3. The number of carbonyl (C=O) groups is 1. The summed E-state index contributed by atoms with van der Waals surface area (Å²) in [5.41, 5.74) is 1.64. The first-order valence-corrected chi connectivity index (χ1v) is 9.22. The second-order valence-electron chi connectivity index (χ2n) is 6.68. The molecule has 3 aromatic rings. The fourth-order valence-electron chi connectivity index (χ4n) is 3.34. The maximum absolute atomic E-state index is 13.1. The zero-order valence-electron chi connectivity index (χ0n) is 15.5. The van der Waals surface area contributed by atoms with E-state index in [2.05, 4.69) is 10.1 Å². The molecule has 144 valence electrons. The van der Waals surface area contributed by atoms with Gasteiger partial charge in [-0.25, -0.2) is 4.39 Å². The Bertz CT molecular complexity index is 971. The second-order valence-corrected chi connectivity index (χ2v) is 6.68. The van der Waals surface area contributed by atoms with Crippen LogP contribution in [0.4, 0.5) is 4.39 Å². The van der Waals surface area contributed by atoms with Crippen LogP contribution in [0.25, 0.3) is 11.4 Å². The zero-order valence-corrected chi connectivity index (χ0v) is 15.5. The van der Waals surface area contributed by atoms with E-state index in [0.717, 1.165) is 11.3 Å². The normalized spacial score (nSPS) is 16.6. The van der Waals surface area contributed by atoms with Crippen molar-refractivity contribution in [3.8, 4) is 17.1 Å². The summed E-state index contributed by atoms with van der Waals surface area (Å²) in [5, 5.41) is 3.97. The molecule has 2 heterocycles. The topological polar surface area (TPSA) is 68.5 Å². The van der Waals surface area contributed by atoms with Crippen molar-refractivity contribution >= 4 is 5.91 Å². The maximum Gasteiger partial charge on any atom is 0.232 e. The van der Waals surface area contributed by atoms with E-state index in [1.54, 1.807) is 17.0 Å². The smallest absolute Gasteiger partial charge is 0.232 e. The summed E-state index contributed by atoms with van der Waals surface area (Å²) < 4.78 is 24.1. The van der Waals surface area contributed by atoms with Crippen LogP contribution >= 0.6 is 0 Å². The first-order chi connectivity index (χ1) is 13.6. The van der Waals surface area contributed by atoms with Gasteiger partial charge in [-0.05, 0) is 37.3 Å². The molecule has 1 aromatic heterocycles.